The monoisotopic (exact) mass is 611 g/mol. The highest BCUT2D eigenvalue weighted by Gasteiger charge is 2.49. The van der Waals surface area contributed by atoms with Gasteiger partial charge >= 0.3 is 6.03 Å². The zero-order valence-corrected chi connectivity index (χ0v) is 25.2. The average Bonchev–Trinajstić information content (AvgIpc) is 3.59. The lowest BCUT2D eigenvalue weighted by Gasteiger charge is -2.25. The van der Waals surface area contributed by atoms with E-state index >= 15 is 0 Å². The smallest absolute Gasteiger partial charge is 0.315 e. The number of benzene rings is 1. The molecule has 0 spiro atoms. The number of hydrogen-bond acceptors (Lipinski definition) is 10. The number of aliphatic hydroxyl groups excluding tert-OH is 1. The molecule has 1 aliphatic heterocycles. The van der Waals surface area contributed by atoms with Gasteiger partial charge in [-0.25, -0.2) is 19.7 Å². The highest BCUT2D eigenvalue weighted by molar-refractivity contribution is 5.89. The second-order valence-corrected chi connectivity index (χ2v) is 10.6. The normalized spacial score (nSPS) is 20.2. The molecule has 3 aromatic rings. The summed E-state index contributed by atoms with van der Waals surface area (Å²) < 4.78 is 12.7. The van der Waals surface area contributed by atoms with Crippen molar-refractivity contribution in [3.8, 4) is 5.75 Å². The lowest BCUT2D eigenvalue weighted by atomic mass is 10.0. The molecular weight excluding hydrogens is 570 g/mol. The summed E-state index contributed by atoms with van der Waals surface area (Å²) in [4.78, 5) is 52.2. The first kappa shape index (κ1) is 32.4. The van der Waals surface area contributed by atoms with Gasteiger partial charge in [-0.15, -0.1) is 0 Å². The van der Waals surface area contributed by atoms with Crippen LogP contribution in [-0.2, 0) is 20.7 Å². The first-order valence-corrected chi connectivity index (χ1v) is 14.8. The molecule has 1 fully saturated rings. The van der Waals surface area contributed by atoms with Crippen LogP contribution in [0.3, 0.4) is 0 Å². The van der Waals surface area contributed by atoms with Gasteiger partial charge in [0.2, 0.25) is 5.91 Å². The molecule has 5 atom stereocenters. The second kappa shape index (κ2) is 15.3. The molecule has 15 heteroatoms. The van der Waals surface area contributed by atoms with Gasteiger partial charge in [0.1, 0.15) is 29.7 Å². The number of unbranched alkanes of at least 4 members (excludes halogenated alkanes) is 2. The number of ether oxygens (including phenoxy) is 2. The van der Waals surface area contributed by atoms with Crippen molar-refractivity contribution in [1.29, 1.82) is 0 Å². The zero-order chi connectivity index (χ0) is 31.6. The Labute approximate surface area is 255 Å². The van der Waals surface area contributed by atoms with Crippen LogP contribution >= 0.6 is 0 Å². The van der Waals surface area contributed by atoms with E-state index in [2.05, 4.69) is 36.2 Å². The van der Waals surface area contributed by atoms with Crippen LogP contribution in [0.5, 0.6) is 5.75 Å². The number of anilines is 1. The molecule has 7 N–H and O–H groups in total. The van der Waals surface area contributed by atoms with Gasteiger partial charge in [0, 0.05) is 19.5 Å². The minimum absolute atomic E-state index is 0.139. The zero-order valence-electron chi connectivity index (χ0n) is 25.2. The molecule has 15 nitrogen and oxygen atoms in total. The number of hydrogen-bond donors (Lipinski definition) is 6. The van der Waals surface area contributed by atoms with Crippen molar-refractivity contribution in [2.24, 2.45) is 0 Å². The fourth-order valence-corrected chi connectivity index (χ4v) is 4.89. The third kappa shape index (κ3) is 7.71. The number of aliphatic hydroxyl groups is 1. The summed E-state index contributed by atoms with van der Waals surface area (Å²) in [6.45, 7) is 4.84. The Kier molecular flexibility index (Phi) is 11.3. The number of nitrogens with one attached hydrogen (secondary N) is 4. The van der Waals surface area contributed by atoms with E-state index in [0.717, 1.165) is 31.2 Å². The summed E-state index contributed by atoms with van der Waals surface area (Å²) in [7, 11) is 1.55. The summed E-state index contributed by atoms with van der Waals surface area (Å²) in [5, 5.41) is 22.6. The van der Waals surface area contributed by atoms with E-state index < -0.39 is 48.4 Å². The molecule has 1 aromatic carbocycles. The lowest BCUT2D eigenvalue weighted by molar-refractivity contribution is -0.135. The molecule has 0 unspecified atom stereocenters. The van der Waals surface area contributed by atoms with Crippen molar-refractivity contribution in [3.63, 3.8) is 0 Å². The van der Waals surface area contributed by atoms with Gasteiger partial charge < -0.3 is 41.6 Å². The molecule has 44 heavy (non-hydrogen) atoms. The first-order valence-electron chi connectivity index (χ1n) is 14.8. The molecule has 238 valence electrons. The van der Waals surface area contributed by atoms with Gasteiger partial charge in [-0.2, -0.15) is 0 Å². The molecule has 2 aromatic heterocycles. The Balaban J connectivity index is 1.59. The topological polar surface area (TPSA) is 208 Å². The number of aromatic nitrogens is 4. The van der Waals surface area contributed by atoms with Crippen LogP contribution in [0.1, 0.15) is 51.3 Å². The Bertz CT molecular complexity index is 1420. The molecular formula is C29H41N9O6. The SMILES string of the molecule is CCCCNC(=O)N[C@@H](Cc1ccc(OC)cc1)C(=O)N[C@H]1[C@@H](O)[C@H](n2cnc3c(N)ncnc32)O[C@@H]1C(=O)NCCCC. The van der Waals surface area contributed by atoms with E-state index in [0.29, 0.717) is 30.0 Å². The van der Waals surface area contributed by atoms with Crippen LogP contribution in [-0.4, -0.2) is 87.0 Å². The van der Waals surface area contributed by atoms with Gasteiger partial charge in [-0.05, 0) is 30.5 Å². The van der Waals surface area contributed by atoms with Crippen LogP contribution in [0.4, 0.5) is 10.6 Å². The van der Waals surface area contributed by atoms with Crippen molar-refractivity contribution >= 4 is 34.8 Å². The predicted octanol–water partition coefficient (Wildman–Crippen LogP) is 0.787. The number of nitrogen functional groups attached to an aromatic ring is 1. The van der Waals surface area contributed by atoms with Crippen LogP contribution in [0.15, 0.2) is 36.9 Å². The third-order valence-electron chi connectivity index (χ3n) is 7.37. The Hall–Kier alpha value is -4.50. The minimum atomic E-state index is -1.39. The fraction of sp³-hybridized carbons (Fsp3) is 0.517. The van der Waals surface area contributed by atoms with Crippen LogP contribution < -0.4 is 31.7 Å². The molecule has 3 heterocycles. The standard InChI is InChI=1S/C29H41N9O6/c1-4-6-12-31-27(41)23-20(22(39)28(44-23)38-16-35-21-24(30)33-15-34-25(21)38)37-26(40)19(36-29(42)32-13-7-5-2)14-17-8-10-18(43-3)11-9-17/h8-11,15-16,19-20,22-23,28,39H,4-7,12-14H2,1-3H3,(H,31,41)(H,37,40)(H2,30,33,34)(H2,32,36,42)/t19-,20-,22+,23-,28+/m0/s1. The summed E-state index contributed by atoms with van der Waals surface area (Å²) in [5.41, 5.74) is 7.29. The van der Waals surface area contributed by atoms with Crippen molar-refractivity contribution in [2.45, 2.75) is 76.5 Å². The van der Waals surface area contributed by atoms with Crippen molar-refractivity contribution in [2.75, 3.05) is 25.9 Å². The second-order valence-electron chi connectivity index (χ2n) is 10.6. The molecule has 4 rings (SSSR count). The van der Waals surface area contributed by atoms with E-state index in [1.807, 2.05) is 13.8 Å². The van der Waals surface area contributed by atoms with E-state index in [4.69, 9.17) is 15.2 Å². The Morgan fingerprint density at radius 1 is 1.07 bits per heavy atom. The summed E-state index contributed by atoms with van der Waals surface area (Å²) in [6.07, 6.45) is 2.27. The summed E-state index contributed by atoms with van der Waals surface area (Å²) in [6, 6.07) is 4.38. The van der Waals surface area contributed by atoms with E-state index in [9.17, 15) is 19.5 Å². The Morgan fingerprint density at radius 2 is 1.77 bits per heavy atom. The number of carbonyl (C=O) groups excluding carboxylic acids is 3. The van der Waals surface area contributed by atoms with E-state index in [1.54, 1.807) is 31.4 Å². The molecule has 1 aliphatic rings. The molecule has 1 saturated heterocycles. The number of carbonyl (C=O) groups is 3. The predicted molar refractivity (Wildman–Crippen MR) is 161 cm³/mol. The molecule has 4 amide bonds. The quantitative estimate of drug-likeness (QED) is 0.141. The Morgan fingerprint density at radius 3 is 2.45 bits per heavy atom. The van der Waals surface area contributed by atoms with Crippen LogP contribution in [0.25, 0.3) is 11.2 Å². The van der Waals surface area contributed by atoms with Crippen molar-refractivity contribution in [3.05, 3.63) is 42.5 Å². The highest BCUT2D eigenvalue weighted by atomic mass is 16.5. The first-order chi connectivity index (χ1) is 21.3. The number of amides is 4. The summed E-state index contributed by atoms with van der Waals surface area (Å²) >= 11 is 0. The van der Waals surface area contributed by atoms with Gasteiger partial charge in [-0.3, -0.25) is 14.2 Å². The maximum atomic E-state index is 13.8. The van der Waals surface area contributed by atoms with E-state index in [1.165, 1.54) is 17.2 Å². The van der Waals surface area contributed by atoms with Gasteiger partial charge in [0.25, 0.3) is 5.91 Å². The molecule has 0 saturated carbocycles. The maximum Gasteiger partial charge on any atom is 0.315 e. The molecule has 0 radical (unpaired) electrons. The van der Waals surface area contributed by atoms with E-state index in [-0.39, 0.29) is 12.2 Å². The van der Waals surface area contributed by atoms with Gasteiger partial charge in [0.05, 0.1) is 19.5 Å². The highest BCUT2D eigenvalue weighted by Crippen LogP contribution is 2.32. The summed E-state index contributed by atoms with van der Waals surface area (Å²) in [5.74, 6) is -0.313. The maximum absolute atomic E-state index is 13.8. The largest absolute Gasteiger partial charge is 0.497 e. The van der Waals surface area contributed by atoms with Crippen LogP contribution in [0, 0.1) is 0 Å². The number of fused-ring (bicyclic) bond motifs is 1. The van der Waals surface area contributed by atoms with Crippen molar-refractivity contribution in [1.82, 2.24) is 40.8 Å². The van der Waals surface area contributed by atoms with Gasteiger partial charge in [0.15, 0.2) is 23.8 Å². The number of urea groups is 1. The number of methoxy groups -OCH3 is 1. The number of nitrogens with zero attached hydrogens (tertiary/aromatic N) is 4. The number of imidazole rings is 1. The lowest BCUT2D eigenvalue weighted by Crippen LogP contribution is -2.58. The average molecular weight is 612 g/mol. The molecule has 0 bridgehead atoms. The number of nitrogens with two attached hydrogens (primary N) is 1. The fourth-order valence-electron chi connectivity index (χ4n) is 4.89. The third-order valence-corrected chi connectivity index (χ3v) is 7.37. The number of rotatable bonds is 14. The van der Waals surface area contributed by atoms with Crippen molar-refractivity contribution < 1.29 is 29.0 Å². The molecule has 0 aliphatic carbocycles. The van der Waals surface area contributed by atoms with Gasteiger partial charge in [-0.1, -0.05) is 38.8 Å². The van der Waals surface area contributed by atoms with Crippen LogP contribution in [0.2, 0.25) is 0 Å². The minimum Gasteiger partial charge on any atom is -0.497 e.